The Kier molecular flexibility index (Phi) is 6.94. The molecule has 1 N–H and O–H groups in total. The maximum atomic E-state index is 10.4. The van der Waals surface area contributed by atoms with Crippen molar-refractivity contribution < 1.29 is 14.6 Å². The summed E-state index contributed by atoms with van der Waals surface area (Å²) in [7, 11) is 1.68. The van der Waals surface area contributed by atoms with Crippen LogP contribution in [0.3, 0.4) is 0 Å². The number of hydrogen-bond donors (Lipinski definition) is 1. The fourth-order valence-corrected chi connectivity index (χ4v) is 1.91. The molecule has 0 aromatic heterocycles. The van der Waals surface area contributed by atoms with E-state index in [1.165, 1.54) is 0 Å². The second-order valence-corrected chi connectivity index (χ2v) is 4.78. The summed E-state index contributed by atoms with van der Waals surface area (Å²) in [4.78, 5) is 0. The predicted molar refractivity (Wildman–Crippen MR) is 72.5 cm³/mol. The third kappa shape index (κ3) is 4.77. The quantitative estimate of drug-likeness (QED) is 0.723. The highest BCUT2D eigenvalue weighted by atomic mass is 16.5. The van der Waals surface area contributed by atoms with Crippen molar-refractivity contribution in [2.24, 2.45) is 5.92 Å². The Morgan fingerprint density at radius 3 is 2.33 bits per heavy atom. The highest BCUT2D eigenvalue weighted by molar-refractivity contribution is 5.18. The minimum Gasteiger partial charge on any atom is -0.386 e. The molecule has 0 amide bonds. The van der Waals surface area contributed by atoms with Gasteiger partial charge >= 0.3 is 0 Å². The van der Waals surface area contributed by atoms with E-state index < -0.39 is 6.10 Å². The second-order valence-electron chi connectivity index (χ2n) is 4.78. The standard InChI is InChI=1S/C15H24O3/c1-12(2)15(18-11-7-10-17-3)14(16)13-8-5-4-6-9-13/h4-6,8-9,12,14-16H,7,10-11H2,1-3H3. The van der Waals surface area contributed by atoms with Crippen LogP contribution in [0.4, 0.5) is 0 Å². The van der Waals surface area contributed by atoms with Crippen LogP contribution in [-0.2, 0) is 9.47 Å². The molecule has 0 heterocycles. The summed E-state index contributed by atoms with van der Waals surface area (Å²) in [6.07, 6.45) is 0.0966. The smallest absolute Gasteiger partial charge is 0.105 e. The van der Waals surface area contributed by atoms with Gasteiger partial charge in [0.05, 0.1) is 6.10 Å². The van der Waals surface area contributed by atoms with Gasteiger partial charge in [0.2, 0.25) is 0 Å². The lowest BCUT2D eigenvalue weighted by Crippen LogP contribution is -2.28. The number of benzene rings is 1. The van der Waals surface area contributed by atoms with Gasteiger partial charge in [-0.1, -0.05) is 44.2 Å². The zero-order valence-electron chi connectivity index (χ0n) is 11.5. The summed E-state index contributed by atoms with van der Waals surface area (Å²) in [6, 6.07) is 9.67. The molecule has 0 fully saturated rings. The fraction of sp³-hybridized carbons (Fsp3) is 0.600. The largest absolute Gasteiger partial charge is 0.386 e. The minimum absolute atomic E-state index is 0.177. The molecule has 2 unspecified atom stereocenters. The highest BCUT2D eigenvalue weighted by Crippen LogP contribution is 2.24. The topological polar surface area (TPSA) is 38.7 Å². The van der Waals surface area contributed by atoms with E-state index in [1.807, 2.05) is 30.3 Å². The molecule has 3 heteroatoms. The molecular weight excluding hydrogens is 228 g/mol. The predicted octanol–water partition coefficient (Wildman–Crippen LogP) is 2.80. The molecule has 0 aliphatic heterocycles. The minimum atomic E-state index is -0.575. The SMILES string of the molecule is COCCCOC(C(C)C)C(O)c1ccccc1. The molecule has 18 heavy (non-hydrogen) atoms. The zero-order chi connectivity index (χ0) is 13.4. The first kappa shape index (κ1) is 15.2. The van der Waals surface area contributed by atoms with Crippen LogP contribution >= 0.6 is 0 Å². The number of methoxy groups -OCH3 is 1. The van der Waals surface area contributed by atoms with E-state index in [-0.39, 0.29) is 12.0 Å². The van der Waals surface area contributed by atoms with E-state index in [9.17, 15) is 5.11 Å². The molecule has 0 radical (unpaired) electrons. The summed E-state index contributed by atoms with van der Waals surface area (Å²) < 4.78 is 10.8. The van der Waals surface area contributed by atoms with E-state index in [1.54, 1.807) is 7.11 Å². The molecule has 1 aromatic carbocycles. The number of hydrogen-bond acceptors (Lipinski definition) is 3. The van der Waals surface area contributed by atoms with Crippen LogP contribution in [0.15, 0.2) is 30.3 Å². The number of aliphatic hydroxyl groups excluding tert-OH is 1. The van der Waals surface area contributed by atoms with E-state index >= 15 is 0 Å². The zero-order valence-corrected chi connectivity index (χ0v) is 11.5. The molecular formula is C15H24O3. The molecule has 0 aliphatic carbocycles. The van der Waals surface area contributed by atoms with Gasteiger partial charge in [-0.2, -0.15) is 0 Å². The Labute approximate surface area is 110 Å². The molecule has 0 saturated heterocycles. The highest BCUT2D eigenvalue weighted by Gasteiger charge is 2.24. The van der Waals surface area contributed by atoms with E-state index in [0.717, 1.165) is 12.0 Å². The maximum absolute atomic E-state index is 10.4. The number of rotatable bonds is 8. The van der Waals surface area contributed by atoms with Crippen molar-refractivity contribution in [3.63, 3.8) is 0 Å². The maximum Gasteiger partial charge on any atom is 0.105 e. The van der Waals surface area contributed by atoms with Gasteiger partial charge < -0.3 is 14.6 Å². The fourth-order valence-electron chi connectivity index (χ4n) is 1.91. The van der Waals surface area contributed by atoms with Crippen LogP contribution in [0, 0.1) is 5.92 Å². The third-order valence-corrected chi connectivity index (χ3v) is 2.91. The molecule has 0 bridgehead atoms. The van der Waals surface area contributed by atoms with Gasteiger partial charge in [0.25, 0.3) is 0 Å². The van der Waals surface area contributed by atoms with E-state index in [2.05, 4.69) is 13.8 Å². The molecule has 102 valence electrons. The Morgan fingerprint density at radius 2 is 1.78 bits per heavy atom. The molecule has 0 spiro atoms. The van der Waals surface area contributed by atoms with Crippen molar-refractivity contribution in [3.8, 4) is 0 Å². The third-order valence-electron chi connectivity index (χ3n) is 2.91. The Bertz CT molecular complexity index is 311. The van der Waals surface area contributed by atoms with Crippen LogP contribution in [0.1, 0.15) is 31.9 Å². The van der Waals surface area contributed by atoms with Crippen molar-refractivity contribution in [2.45, 2.75) is 32.5 Å². The van der Waals surface area contributed by atoms with Gasteiger partial charge in [-0.25, -0.2) is 0 Å². The molecule has 2 atom stereocenters. The van der Waals surface area contributed by atoms with Crippen molar-refractivity contribution in [1.29, 1.82) is 0 Å². The van der Waals surface area contributed by atoms with Crippen molar-refractivity contribution in [3.05, 3.63) is 35.9 Å². The normalized spacial score (nSPS) is 14.7. The van der Waals surface area contributed by atoms with Crippen LogP contribution in [0.2, 0.25) is 0 Å². The first-order chi connectivity index (χ1) is 8.66. The van der Waals surface area contributed by atoms with Gasteiger partial charge in [-0.05, 0) is 17.9 Å². The average molecular weight is 252 g/mol. The Balaban J connectivity index is 2.56. The molecule has 0 saturated carbocycles. The molecule has 3 nitrogen and oxygen atoms in total. The summed E-state index contributed by atoms with van der Waals surface area (Å²) in [6.45, 7) is 5.42. The van der Waals surface area contributed by atoms with Gasteiger partial charge in [-0.3, -0.25) is 0 Å². The van der Waals surface area contributed by atoms with Crippen LogP contribution < -0.4 is 0 Å². The number of ether oxygens (including phenoxy) is 2. The lowest BCUT2D eigenvalue weighted by atomic mass is 9.96. The second kappa shape index (κ2) is 8.25. The van der Waals surface area contributed by atoms with Gasteiger partial charge in [-0.15, -0.1) is 0 Å². The van der Waals surface area contributed by atoms with Crippen LogP contribution in [0.25, 0.3) is 0 Å². The lowest BCUT2D eigenvalue weighted by molar-refractivity contribution is -0.0666. The summed E-state index contributed by atoms with van der Waals surface area (Å²) in [5, 5.41) is 10.4. The lowest BCUT2D eigenvalue weighted by Gasteiger charge is -2.27. The first-order valence-electron chi connectivity index (χ1n) is 6.50. The Hall–Kier alpha value is -0.900. The van der Waals surface area contributed by atoms with E-state index in [4.69, 9.17) is 9.47 Å². The summed E-state index contributed by atoms with van der Waals surface area (Å²) in [5.41, 5.74) is 0.906. The van der Waals surface area contributed by atoms with Crippen LogP contribution in [-0.4, -0.2) is 31.5 Å². The van der Waals surface area contributed by atoms with Gasteiger partial charge in [0, 0.05) is 20.3 Å². The van der Waals surface area contributed by atoms with Crippen molar-refractivity contribution >= 4 is 0 Å². The molecule has 1 aromatic rings. The van der Waals surface area contributed by atoms with E-state index in [0.29, 0.717) is 13.2 Å². The molecule has 1 rings (SSSR count). The summed E-state index contributed by atoms with van der Waals surface area (Å²) >= 11 is 0. The van der Waals surface area contributed by atoms with Gasteiger partial charge in [0.15, 0.2) is 0 Å². The summed E-state index contributed by atoms with van der Waals surface area (Å²) in [5.74, 6) is 0.266. The average Bonchev–Trinajstić information content (AvgIpc) is 2.39. The molecule has 0 aliphatic rings. The Morgan fingerprint density at radius 1 is 1.11 bits per heavy atom. The monoisotopic (exact) mass is 252 g/mol. The first-order valence-corrected chi connectivity index (χ1v) is 6.50. The van der Waals surface area contributed by atoms with Crippen LogP contribution in [0.5, 0.6) is 0 Å². The number of aliphatic hydroxyl groups is 1. The van der Waals surface area contributed by atoms with Gasteiger partial charge in [0.1, 0.15) is 6.10 Å². The van der Waals surface area contributed by atoms with Crippen molar-refractivity contribution in [1.82, 2.24) is 0 Å². The van der Waals surface area contributed by atoms with Crippen molar-refractivity contribution in [2.75, 3.05) is 20.3 Å².